The standard InChI is InChI=1S/C22H25N7/c1-14-17-11-16(7-8-18(17)28-27-14)19-12-25-21(23)22(26-19)29-10-9-24-20(13-29)15-5-3-2-4-6-15/h2-5,7-8,11-12,15,20,24H,6,9-10,13H2,1H3,(H2,23,25)(H,27,28)/t15?,20-/m0/s1. The van der Waals surface area contributed by atoms with Gasteiger partial charge in [-0.3, -0.25) is 5.10 Å². The number of aromatic amines is 1. The fourth-order valence-corrected chi connectivity index (χ4v) is 4.22. The van der Waals surface area contributed by atoms with E-state index in [1.54, 1.807) is 6.20 Å². The number of aryl methyl sites for hydroxylation is 1. The molecule has 2 aliphatic rings. The van der Waals surface area contributed by atoms with Gasteiger partial charge in [-0.2, -0.15) is 5.10 Å². The third-order valence-electron chi connectivity index (χ3n) is 5.87. The smallest absolute Gasteiger partial charge is 0.172 e. The maximum atomic E-state index is 6.24. The van der Waals surface area contributed by atoms with Gasteiger partial charge in [-0.15, -0.1) is 0 Å². The van der Waals surface area contributed by atoms with Crippen molar-refractivity contribution in [2.75, 3.05) is 30.3 Å². The molecule has 7 nitrogen and oxygen atoms in total. The summed E-state index contributed by atoms with van der Waals surface area (Å²) in [6, 6.07) is 6.56. The number of aromatic nitrogens is 4. The number of fused-ring (bicyclic) bond motifs is 1. The fraction of sp³-hybridized carbons (Fsp3) is 0.318. The second-order valence-electron chi connectivity index (χ2n) is 7.75. The Balaban J connectivity index is 1.44. The van der Waals surface area contributed by atoms with Crippen LogP contribution in [0.1, 0.15) is 12.1 Å². The van der Waals surface area contributed by atoms with Gasteiger partial charge in [-0.05, 0) is 31.4 Å². The van der Waals surface area contributed by atoms with Crippen molar-refractivity contribution in [1.82, 2.24) is 25.5 Å². The molecule has 7 heteroatoms. The zero-order valence-electron chi connectivity index (χ0n) is 16.5. The minimum atomic E-state index is 0.375. The van der Waals surface area contributed by atoms with Gasteiger partial charge >= 0.3 is 0 Å². The Bertz CT molecular complexity index is 1100. The molecule has 148 valence electrons. The minimum absolute atomic E-state index is 0.375. The van der Waals surface area contributed by atoms with Crippen LogP contribution in [-0.2, 0) is 0 Å². The number of piperazine rings is 1. The number of nitrogens with two attached hydrogens (primary N) is 1. The van der Waals surface area contributed by atoms with Gasteiger partial charge in [0.25, 0.3) is 0 Å². The van der Waals surface area contributed by atoms with Gasteiger partial charge in [0.05, 0.1) is 23.1 Å². The van der Waals surface area contributed by atoms with Crippen LogP contribution >= 0.6 is 0 Å². The molecule has 2 atom stereocenters. The first kappa shape index (κ1) is 17.9. The molecule has 0 bridgehead atoms. The predicted octanol–water partition coefficient (Wildman–Crippen LogP) is 2.82. The van der Waals surface area contributed by atoms with Crippen molar-refractivity contribution in [2.45, 2.75) is 19.4 Å². The summed E-state index contributed by atoms with van der Waals surface area (Å²) in [5, 5.41) is 12.1. The van der Waals surface area contributed by atoms with Crippen molar-refractivity contribution in [2.24, 2.45) is 5.92 Å². The zero-order chi connectivity index (χ0) is 19.8. The molecule has 3 aromatic rings. The zero-order valence-corrected chi connectivity index (χ0v) is 16.5. The molecule has 2 aromatic heterocycles. The number of benzene rings is 1. The molecule has 0 spiro atoms. The van der Waals surface area contributed by atoms with Crippen molar-refractivity contribution in [3.05, 3.63) is 54.4 Å². The summed E-state index contributed by atoms with van der Waals surface area (Å²) in [7, 11) is 0. The molecule has 1 fully saturated rings. The van der Waals surface area contributed by atoms with Gasteiger partial charge < -0.3 is 16.0 Å². The third-order valence-corrected chi connectivity index (χ3v) is 5.87. The lowest BCUT2D eigenvalue weighted by Gasteiger charge is -2.38. The molecular weight excluding hydrogens is 362 g/mol. The highest BCUT2D eigenvalue weighted by Gasteiger charge is 2.27. The molecule has 4 N–H and O–H groups in total. The second kappa shape index (κ2) is 7.33. The summed E-state index contributed by atoms with van der Waals surface area (Å²) in [6.07, 6.45) is 11.6. The second-order valence-corrected chi connectivity index (χ2v) is 7.75. The van der Waals surface area contributed by atoms with Gasteiger partial charge in [0.1, 0.15) is 0 Å². The average molecular weight is 387 g/mol. The Morgan fingerprint density at radius 2 is 2.17 bits per heavy atom. The normalized spacial score (nSPS) is 21.8. The van der Waals surface area contributed by atoms with Crippen LogP contribution in [0, 0.1) is 12.8 Å². The number of nitrogen functional groups attached to an aromatic ring is 1. The van der Waals surface area contributed by atoms with Gasteiger partial charge in [0.2, 0.25) is 0 Å². The van der Waals surface area contributed by atoms with Crippen LogP contribution in [-0.4, -0.2) is 45.8 Å². The molecule has 1 aliphatic carbocycles. The Morgan fingerprint density at radius 1 is 1.24 bits per heavy atom. The monoisotopic (exact) mass is 387 g/mol. The molecule has 1 aromatic carbocycles. The largest absolute Gasteiger partial charge is 0.381 e. The topological polar surface area (TPSA) is 95.8 Å². The number of hydrogen-bond acceptors (Lipinski definition) is 6. The number of allylic oxidation sites excluding steroid dienone is 3. The third kappa shape index (κ3) is 3.38. The van der Waals surface area contributed by atoms with Crippen LogP contribution in [0.4, 0.5) is 11.6 Å². The Hall–Kier alpha value is -3.19. The summed E-state index contributed by atoms with van der Waals surface area (Å²) in [6.45, 7) is 4.64. The first-order chi connectivity index (χ1) is 14.2. The van der Waals surface area contributed by atoms with Gasteiger partial charge in [-0.25, -0.2) is 9.97 Å². The Kier molecular flexibility index (Phi) is 4.52. The maximum absolute atomic E-state index is 6.24. The van der Waals surface area contributed by atoms with E-state index < -0.39 is 0 Å². The highest BCUT2D eigenvalue weighted by Crippen LogP contribution is 2.28. The van der Waals surface area contributed by atoms with Gasteiger partial charge in [0.15, 0.2) is 11.6 Å². The summed E-state index contributed by atoms with van der Waals surface area (Å²) in [4.78, 5) is 11.6. The molecule has 29 heavy (non-hydrogen) atoms. The number of hydrogen-bond donors (Lipinski definition) is 3. The van der Waals surface area contributed by atoms with E-state index in [-0.39, 0.29) is 0 Å². The van der Waals surface area contributed by atoms with E-state index in [2.05, 4.69) is 55.8 Å². The van der Waals surface area contributed by atoms with Gasteiger partial charge in [0, 0.05) is 36.6 Å². The number of H-pyrrole nitrogens is 1. The van der Waals surface area contributed by atoms with E-state index in [1.807, 2.05) is 19.1 Å². The lowest BCUT2D eigenvalue weighted by molar-refractivity contribution is 0.374. The van der Waals surface area contributed by atoms with Crippen molar-refractivity contribution >= 4 is 22.5 Å². The quantitative estimate of drug-likeness (QED) is 0.640. The minimum Gasteiger partial charge on any atom is -0.381 e. The molecule has 1 unspecified atom stereocenters. The van der Waals surface area contributed by atoms with Crippen LogP contribution < -0.4 is 16.0 Å². The summed E-state index contributed by atoms with van der Waals surface area (Å²) in [5.74, 6) is 1.74. The first-order valence-electron chi connectivity index (χ1n) is 10.1. The van der Waals surface area contributed by atoms with E-state index in [0.29, 0.717) is 17.8 Å². The average Bonchev–Trinajstić information content (AvgIpc) is 3.15. The molecule has 1 saturated heterocycles. The summed E-state index contributed by atoms with van der Waals surface area (Å²) >= 11 is 0. The van der Waals surface area contributed by atoms with Crippen LogP contribution in [0.25, 0.3) is 22.2 Å². The lowest BCUT2D eigenvalue weighted by atomic mass is 9.91. The van der Waals surface area contributed by atoms with Crippen molar-refractivity contribution in [1.29, 1.82) is 0 Å². The maximum Gasteiger partial charge on any atom is 0.172 e. The number of anilines is 2. The molecule has 0 saturated carbocycles. The Labute approximate surface area is 169 Å². The number of nitrogens with zero attached hydrogens (tertiary/aromatic N) is 4. The highest BCUT2D eigenvalue weighted by atomic mass is 15.3. The van der Waals surface area contributed by atoms with Crippen LogP contribution in [0.3, 0.4) is 0 Å². The van der Waals surface area contributed by atoms with Crippen LogP contribution in [0.15, 0.2) is 48.7 Å². The SMILES string of the molecule is Cc1n[nH]c2ccc(-c3cnc(N)c(N4CCN[C@H](C5C=CC=CC5)C4)n3)cc12. The van der Waals surface area contributed by atoms with Crippen LogP contribution in [0.5, 0.6) is 0 Å². The van der Waals surface area contributed by atoms with Crippen molar-refractivity contribution in [3.8, 4) is 11.3 Å². The van der Waals surface area contributed by atoms with Gasteiger partial charge in [-0.1, -0.05) is 30.4 Å². The molecule has 3 heterocycles. The van der Waals surface area contributed by atoms with E-state index in [1.165, 1.54) is 0 Å². The molecule has 1 aliphatic heterocycles. The Morgan fingerprint density at radius 3 is 3.03 bits per heavy atom. The summed E-state index contributed by atoms with van der Waals surface area (Å²) < 4.78 is 0. The molecular formula is C22H25N7. The predicted molar refractivity (Wildman–Crippen MR) is 117 cm³/mol. The van der Waals surface area contributed by atoms with Crippen LogP contribution in [0.2, 0.25) is 0 Å². The molecule has 0 radical (unpaired) electrons. The summed E-state index contributed by atoms with van der Waals surface area (Å²) in [5.41, 5.74) is 10.1. The van der Waals surface area contributed by atoms with Crippen molar-refractivity contribution in [3.63, 3.8) is 0 Å². The number of nitrogens with one attached hydrogen (secondary N) is 2. The van der Waals surface area contributed by atoms with E-state index in [4.69, 9.17) is 10.7 Å². The molecule has 0 amide bonds. The van der Waals surface area contributed by atoms with Crippen molar-refractivity contribution < 1.29 is 0 Å². The number of rotatable bonds is 3. The van der Waals surface area contributed by atoms with E-state index >= 15 is 0 Å². The first-order valence-corrected chi connectivity index (χ1v) is 10.1. The fourth-order valence-electron chi connectivity index (χ4n) is 4.22. The van der Waals surface area contributed by atoms with E-state index in [0.717, 1.165) is 59.7 Å². The highest BCUT2D eigenvalue weighted by molar-refractivity contribution is 5.86. The van der Waals surface area contributed by atoms with E-state index in [9.17, 15) is 0 Å². The lowest BCUT2D eigenvalue weighted by Crippen LogP contribution is -2.54. The molecule has 5 rings (SSSR count).